The maximum atomic E-state index is 12.0. The molecule has 1 amide bonds. The third-order valence-corrected chi connectivity index (χ3v) is 4.00. The summed E-state index contributed by atoms with van der Waals surface area (Å²) in [7, 11) is 0. The van der Waals surface area contributed by atoms with Crippen molar-refractivity contribution in [2.45, 2.75) is 12.5 Å². The number of hydrogen-bond acceptors (Lipinski definition) is 4. The fraction of sp³-hybridized carbons (Fsp3) is 0.500. The number of rotatable bonds is 5. The summed E-state index contributed by atoms with van der Waals surface area (Å²) in [6.07, 6.45) is 0.429. The Labute approximate surface area is 146 Å². The van der Waals surface area contributed by atoms with Crippen molar-refractivity contribution < 1.29 is 9.53 Å². The number of carbonyl (C=O) groups is 1. The van der Waals surface area contributed by atoms with E-state index in [2.05, 4.69) is 10.2 Å². The SMILES string of the molecule is Cl.NCC1CN(CCC(=O)Nc2c(Cl)cccc2Cl)CCO1. The molecule has 1 heterocycles. The van der Waals surface area contributed by atoms with Crippen molar-refractivity contribution in [2.75, 3.05) is 38.1 Å². The number of ether oxygens (including phenoxy) is 1. The summed E-state index contributed by atoms with van der Waals surface area (Å²) >= 11 is 12.0. The van der Waals surface area contributed by atoms with E-state index in [1.807, 2.05) is 0 Å². The smallest absolute Gasteiger partial charge is 0.225 e. The van der Waals surface area contributed by atoms with Crippen LogP contribution in [0.3, 0.4) is 0 Å². The third-order valence-electron chi connectivity index (χ3n) is 3.37. The largest absolute Gasteiger partial charge is 0.374 e. The van der Waals surface area contributed by atoms with E-state index in [1.165, 1.54) is 0 Å². The van der Waals surface area contributed by atoms with Crippen LogP contribution in [-0.2, 0) is 9.53 Å². The molecule has 1 atom stereocenters. The van der Waals surface area contributed by atoms with Crippen LogP contribution in [0.25, 0.3) is 0 Å². The highest BCUT2D eigenvalue weighted by Gasteiger charge is 2.19. The van der Waals surface area contributed by atoms with Crippen LogP contribution in [0.15, 0.2) is 18.2 Å². The Kier molecular flexibility index (Phi) is 8.46. The van der Waals surface area contributed by atoms with Crippen molar-refractivity contribution in [3.05, 3.63) is 28.2 Å². The van der Waals surface area contributed by atoms with Crippen LogP contribution in [0.5, 0.6) is 0 Å². The van der Waals surface area contributed by atoms with Crippen molar-refractivity contribution >= 4 is 47.2 Å². The first-order valence-corrected chi connectivity index (χ1v) is 7.63. The number of halogens is 3. The highest BCUT2D eigenvalue weighted by atomic mass is 35.5. The van der Waals surface area contributed by atoms with Crippen LogP contribution in [0.2, 0.25) is 10.0 Å². The Morgan fingerprint density at radius 3 is 2.73 bits per heavy atom. The molecular weight excluding hydrogens is 349 g/mol. The molecule has 1 fully saturated rings. The van der Waals surface area contributed by atoms with Crippen LogP contribution in [0.1, 0.15) is 6.42 Å². The van der Waals surface area contributed by atoms with Crippen LogP contribution >= 0.6 is 35.6 Å². The summed E-state index contributed by atoms with van der Waals surface area (Å²) in [5, 5.41) is 3.63. The predicted molar refractivity (Wildman–Crippen MR) is 92.2 cm³/mol. The number of benzene rings is 1. The third kappa shape index (κ3) is 5.57. The standard InChI is InChI=1S/C14H19Cl2N3O2.ClH/c15-11-2-1-3-12(16)14(11)18-13(20)4-5-19-6-7-21-10(8-17)9-19;/h1-3,10H,4-9,17H2,(H,18,20);1H. The van der Waals surface area contributed by atoms with Crippen LogP contribution in [0, 0.1) is 0 Å². The second kappa shape index (κ2) is 9.55. The van der Waals surface area contributed by atoms with Gasteiger partial charge in [0.05, 0.1) is 28.4 Å². The molecular formula is C14H20Cl3N3O2. The van der Waals surface area contributed by atoms with E-state index in [1.54, 1.807) is 18.2 Å². The van der Waals surface area contributed by atoms with E-state index in [0.29, 0.717) is 41.8 Å². The minimum absolute atomic E-state index is 0. The number of anilines is 1. The topological polar surface area (TPSA) is 67.6 Å². The first-order valence-electron chi connectivity index (χ1n) is 6.88. The van der Waals surface area contributed by atoms with Gasteiger partial charge in [-0.15, -0.1) is 12.4 Å². The molecule has 1 saturated heterocycles. The number of nitrogens with two attached hydrogens (primary N) is 1. The Morgan fingerprint density at radius 1 is 1.41 bits per heavy atom. The van der Waals surface area contributed by atoms with Gasteiger partial charge in [-0.25, -0.2) is 0 Å². The van der Waals surface area contributed by atoms with Gasteiger partial charge in [-0.3, -0.25) is 9.69 Å². The van der Waals surface area contributed by atoms with Gasteiger partial charge in [-0.1, -0.05) is 29.3 Å². The summed E-state index contributed by atoms with van der Waals surface area (Å²) in [5.74, 6) is -0.110. The highest BCUT2D eigenvalue weighted by molar-refractivity contribution is 6.39. The monoisotopic (exact) mass is 367 g/mol. The van der Waals surface area contributed by atoms with E-state index < -0.39 is 0 Å². The number of nitrogens with one attached hydrogen (secondary N) is 1. The molecule has 5 nitrogen and oxygen atoms in total. The van der Waals surface area contributed by atoms with Crippen molar-refractivity contribution in [3.63, 3.8) is 0 Å². The predicted octanol–water partition coefficient (Wildman–Crippen LogP) is 2.40. The van der Waals surface area contributed by atoms with Gasteiger partial charge in [-0.05, 0) is 12.1 Å². The lowest BCUT2D eigenvalue weighted by atomic mass is 10.2. The van der Waals surface area contributed by atoms with Crippen LogP contribution < -0.4 is 11.1 Å². The Morgan fingerprint density at radius 2 is 2.09 bits per heavy atom. The Hall–Kier alpha value is -0.560. The van der Waals surface area contributed by atoms with Gasteiger partial charge >= 0.3 is 0 Å². The van der Waals surface area contributed by atoms with Gasteiger partial charge in [0, 0.05) is 32.6 Å². The second-order valence-electron chi connectivity index (χ2n) is 4.92. The number of amides is 1. The first-order chi connectivity index (χ1) is 10.1. The lowest BCUT2D eigenvalue weighted by molar-refractivity contribution is -0.117. The molecule has 0 spiro atoms. The maximum Gasteiger partial charge on any atom is 0.225 e. The Balaban J connectivity index is 0.00000242. The summed E-state index contributed by atoms with van der Waals surface area (Å²) in [5.41, 5.74) is 6.06. The minimum atomic E-state index is -0.110. The Bertz CT molecular complexity index is 482. The lowest BCUT2D eigenvalue weighted by Gasteiger charge is -2.32. The van der Waals surface area contributed by atoms with Gasteiger partial charge in [0.25, 0.3) is 0 Å². The number of carbonyl (C=O) groups excluding carboxylic acids is 1. The molecule has 0 aliphatic carbocycles. The number of morpholine rings is 1. The van der Waals surface area contributed by atoms with Crippen molar-refractivity contribution in [2.24, 2.45) is 5.73 Å². The molecule has 3 N–H and O–H groups in total. The van der Waals surface area contributed by atoms with Crippen LogP contribution in [0.4, 0.5) is 5.69 Å². The summed E-state index contributed by atoms with van der Waals surface area (Å²) in [6.45, 7) is 3.39. The minimum Gasteiger partial charge on any atom is -0.374 e. The summed E-state index contributed by atoms with van der Waals surface area (Å²) < 4.78 is 5.49. The molecule has 1 aromatic rings. The molecule has 0 saturated carbocycles. The van der Waals surface area contributed by atoms with E-state index in [9.17, 15) is 4.79 Å². The van der Waals surface area contributed by atoms with E-state index in [-0.39, 0.29) is 24.4 Å². The van der Waals surface area contributed by atoms with Gasteiger partial charge in [0.1, 0.15) is 0 Å². The van der Waals surface area contributed by atoms with Crippen molar-refractivity contribution in [1.29, 1.82) is 0 Å². The number of para-hydroxylation sites is 1. The maximum absolute atomic E-state index is 12.0. The molecule has 0 radical (unpaired) electrons. The molecule has 8 heteroatoms. The highest BCUT2D eigenvalue weighted by Crippen LogP contribution is 2.29. The average molecular weight is 369 g/mol. The van der Waals surface area contributed by atoms with Crippen LogP contribution in [-0.4, -0.2) is 49.7 Å². The molecule has 1 aliphatic heterocycles. The number of nitrogens with zero attached hydrogens (tertiary/aromatic N) is 1. The zero-order valence-electron chi connectivity index (χ0n) is 12.1. The van der Waals surface area contributed by atoms with E-state index >= 15 is 0 Å². The normalized spacial score (nSPS) is 18.6. The van der Waals surface area contributed by atoms with Gasteiger partial charge in [0.15, 0.2) is 0 Å². The molecule has 2 rings (SSSR count). The quantitative estimate of drug-likeness (QED) is 0.837. The van der Waals surface area contributed by atoms with E-state index in [4.69, 9.17) is 33.7 Å². The van der Waals surface area contributed by atoms with Gasteiger partial charge in [-0.2, -0.15) is 0 Å². The lowest BCUT2D eigenvalue weighted by Crippen LogP contribution is -2.46. The molecule has 0 bridgehead atoms. The number of hydrogen-bond donors (Lipinski definition) is 2. The van der Waals surface area contributed by atoms with Gasteiger partial charge in [0.2, 0.25) is 5.91 Å². The van der Waals surface area contributed by atoms with Gasteiger partial charge < -0.3 is 15.8 Å². The average Bonchev–Trinajstić information content (AvgIpc) is 2.49. The zero-order valence-corrected chi connectivity index (χ0v) is 14.4. The second-order valence-corrected chi connectivity index (χ2v) is 5.74. The molecule has 1 aliphatic rings. The molecule has 0 aromatic heterocycles. The summed E-state index contributed by atoms with van der Waals surface area (Å²) in [6, 6.07) is 5.12. The fourth-order valence-corrected chi connectivity index (χ4v) is 2.70. The fourth-order valence-electron chi connectivity index (χ4n) is 2.20. The van der Waals surface area contributed by atoms with Crippen molar-refractivity contribution in [1.82, 2.24) is 4.90 Å². The molecule has 1 unspecified atom stereocenters. The molecule has 124 valence electrons. The van der Waals surface area contributed by atoms with Crippen molar-refractivity contribution in [3.8, 4) is 0 Å². The van der Waals surface area contributed by atoms with E-state index in [0.717, 1.165) is 13.1 Å². The molecule has 22 heavy (non-hydrogen) atoms. The zero-order chi connectivity index (χ0) is 15.2. The first kappa shape index (κ1) is 19.5. The summed E-state index contributed by atoms with van der Waals surface area (Å²) in [4.78, 5) is 14.2. The molecule has 1 aromatic carbocycles.